The third-order valence-corrected chi connectivity index (χ3v) is 2.87. The van der Waals surface area contributed by atoms with Crippen LogP contribution in [-0.4, -0.2) is 32.5 Å². The Hall–Kier alpha value is -1.75. The van der Waals surface area contributed by atoms with Gasteiger partial charge in [0.1, 0.15) is 0 Å². The number of nitrogens with one attached hydrogen (secondary N) is 2. The van der Waals surface area contributed by atoms with Crippen LogP contribution < -0.4 is 10.6 Å². The molecule has 0 aromatic heterocycles. The Bertz CT molecular complexity index is 386. The lowest BCUT2D eigenvalue weighted by Crippen LogP contribution is -2.18. The summed E-state index contributed by atoms with van der Waals surface area (Å²) in [6.07, 6.45) is 2.12. The lowest BCUT2D eigenvalue weighted by Gasteiger charge is -2.12. The molecule has 0 spiro atoms. The zero-order valence-corrected chi connectivity index (χ0v) is 10.4. The number of carbonyl (C=O) groups excluding carboxylic acids is 1. The Morgan fingerprint density at radius 2 is 2.11 bits per heavy atom. The molecule has 0 bridgehead atoms. The minimum atomic E-state index is -0.463. The Kier molecular flexibility index (Phi) is 4.41. The summed E-state index contributed by atoms with van der Waals surface area (Å²) >= 11 is 0. The maximum Gasteiger partial charge on any atom is 0.411 e. The van der Waals surface area contributed by atoms with Crippen molar-refractivity contribution in [2.24, 2.45) is 0 Å². The summed E-state index contributed by atoms with van der Waals surface area (Å²) in [5.41, 5.74) is 1.73. The molecule has 98 valence electrons. The van der Waals surface area contributed by atoms with E-state index in [1.807, 2.05) is 24.3 Å². The van der Waals surface area contributed by atoms with Gasteiger partial charge >= 0.3 is 6.09 Å². The number of hydrogen-bond donors (Lipinski definition) is 2. The number of hydrogen-bond acceptors (Lipinski definition) is 4. The second-order valence-corrected chi connectivity index (χ2v) is 4.21. The van der Waals surface area contributed by atoms with Crippen LogP contribution in [0.3, 0.4) is 0 Å². The molecule has 2 N–H and O–H groups in total. The quantitative estimate of drug-likeness (QED) is 0.861. The molecule has 1 amide bonds. The van der Waals surface area contributed by atoms with E-state index in [1.54, 1.807) is 0 Å². The van der Waals surface area contributed by atoms with Gasteiger partial charge in [0.25, 0.3) is 0 Å². The third-order valence-electron chi connectivity index (χ3n) is 2.87. The third kappa shape index (κ3) is 3.63. The SMILES string of the molecule is COC(=O)Nc1ccc(NCC2CCCO2)cc1. The van der Waals surface area contributed by atoms with Gasteiger partial charge in [0.2, 0.25) is 0 Å². The Labute approximate surface area is 106 Å². The van der Waals surface area contributed by atoms with Crippen molar-refractivity contribution in [3.8, 4) is 0 Å². The first-order valence-electron chi connectivity index (χ1n) is 6.08. The molecule has 5 nitrogen and oxygen atoms in total. The van der Waals surface area contributed by atoms with E-state index < -0.39 is 6.09 Å². The summed E-state index contributed by atoms with van der Waals surface area (Å²) in [5.74, 6) is 0. The topological polar surface area (TPSA) is 59.6 Å². The molecule has 1 aliphatic heterocycles. The van der Waals surface area contributed by atoms with Crippen LogP contribution in [0.25, 0.3) is 0 Å². The van der Waals surface area contributed by atoms with Gasteiger partial charge in [-0.15, -0.1) is 0 Å². The molecule has 18 heavy (non-hydrogen) atoms. The van der Waals surface area contributed by atoms with E-state index in [1.165, 1.54) is 7.11 Å². The van der Waals surface area contributed by atoms with Crippen molar-refractivity contribution in [2.75, 3.05) is 30.9 Å². The minimum absolute atomic E-state index is 0.317. The summed E-state index contributed by atoms with van der Waals surface area (Å²) in [6.45, 7) is 1.69. The van der Waals surface area contributed by atoms with Gasteiger partial charge in [0.05, 0.1) is 13.2 Å². The summed E-state index contributed by atoms with van der Waals surface area (Å²) < 4.78 is 10.0. The molecule has 1 heterocycles. The lowest BCUT2D eigenvalue weighted by molar-refractivity contribution is 0.120. The highest BCUT2D eigenvalue weighted by Crippen LogP contribution is 2.16. The number of methoxy groups -OCH3 is 1. The number of rotatable bonds is 4. The highest BCUT2D eigenvalue weighted by molar-refractivity contribution is 5.84. The molecule has 1 saturated heterocycles. The molecule has 1 aromatic carbocycles. The molecule has 5 heteroatoms. The number of ether oxygens (including phenoxy) is 2. The largest absolute Gasteiger partial charge is 0.453 e. The van der Waals surface area contributed by atoms with Gasteiger partial charge in [-0.1, -0.05) is 0 Å². The van der Waals surface area contributed by atoms with E-state index in [4.69, 9.17) is 4.74 Å². The molecule has 1 atom stereocenters. The van der Waals surface area contributed by atoms with Crippen molar-refractivity contribution in [1.29, 1.82) is 0 Å². The van der Waals surface area contributed by atoms with E-state index in [-0.39, 0.29) is 0 Å². The van der Waals surface area contributed by atoms with Crippen LogP contribution in [0.1, 0.15) is 12.8 Å². The predicted octanol–water partition coefficient (Wildman–Crippen LogP) is 2.46. The Balaban J connectivity index is 1.81. The normalized spacial score (nSPS) is 18.4. The van der Waals surface area contributed by atoms with Crippen molar-refractivity contribution in [3.63, 3.8) is 0 Å². The van der Waals surface area contributed by atoms with Crippen LogP contribution in [0.4, 0.5) is 16.2 Å². The van der Waals surface area contributed by atoms with Gasteiger partial charge in [-0.25, -0.2) is 4.79 Å². The zero-order valence-electron chi connectivity index (χ0n) is 10.4. The molecule has 2 rings (SSSR count). The molecular weight excluding hydrogens is 232 g/mol. The van der Waals surface area contributed by atoms with Crippen LogP contribution >= 0.6 is 0 Å². The Morgan fingerprint density at radius 1 is 1.39 bits per heavy atom. The van der Waals surface area contributed by atoms with Crippen LogP contribution in [0.15, 0.2) is 24.3 Å². The second-order valence-electron chi connectivity index (χ2n) is 4.21. The standard InChI is InChI=1S/C13H18N2O3/c1-17-13(16)15-11-6-4-10(5-7-11)14-9-12-3-2-8-18-12/h4-7,12,14H,2-3,8-9H2,1H3,(H,15,16). The molecule has 1 aromatic rings. The maximum atomic E-state index is 11.0. The first-order chi connectivity index (χ1) is 8.78. The molecule has 0 radical (unpaired) electrons. The molecule has 1 unspecified atom stereocenters. The average molecular weight is 250 g/mol. The fourth-order valence-electron chi connectivity index (χ4n) is 1.88. The van der Waals surface area contributed by atoms with Gasteiger partial charge in [0, 0.05) is 24.5 Å². The highest BCUT2D eigenvalue weighted by Gasteiger charge is 2.14. The van der Waals surface area contributed by atoms with E-state index in [0.717, 1.165) is 31.7 Å². The fourth-order valence-corrected chi connectivity index (χ4v) is 1.88. The Morgan fingerprint density at radius 3 is 2.72 bits per heavy atom. The van der Waals surface area contributed by atoms with Crippen molar-refractivity contribution < 1.29 is 14.3 Å². The maximum absolute atomic E-state index is 11.0. The van der Waals surface area contributed by atoms with Gasteiger partial charge < -0.3 is 14.8 Å². The van der Waals surface area contributed by atoms with E-state index in [0.29, 0.717) is 11.8 Å². The number of benzene rings is 1. The van der Waals surface area contributed by atoms with Crippen LogP contribution in [0, 0.1) is 0 Å². The first-order valence-corrected chi connectivity index (χ1v) is 6.08. The number of carbonyl (C=O) groups is 1. The molecular formula is C13H18N2O3. The minimum Gasteiger partial charge on any atom is -0.453 e. The van der Waals surface area contributed by atoms with E-state index in [2.05, 4.69) is 15.4 Å². The van der Waals surface area contributed by atoms with Gasteiger partial charge in [-0.3, -0.25) is 5.32 Å². The van der Waals surface area contributed by atoms with Gasteiger partial charge in [-0.2, -0.15) is 0 Å². The summed E-state index contributed by atoms with van der Waals surface area (Å²) in [7, 11) is 1.34. The summed E-state index contributed by atoms with van der Waals surface area (Å²) in [6, 6.07) is 7.49. The lowest BCUT2D eigenvalue weighted by atomic mass is 10.2. The van der Waals surface area contributed by atoms with Crippen LogP contribution in [-0.2, 0) is 9.47 Å². The average Bonchev–Trinajstić information content (AvgIpc) is 2.91. The molecule has 1 aliphatic rings. The molecule has 0 aliphatic carbocycles. The molecule has 1 fully saturated rings. The van der Waals surface area contributed by atoms with Crippen molar-refractivity contribution in [1.82, 2.24) is 0 Å². The highest BCUT2D eigenvalue weighted by atomic mass is 16.5. The number of anilines is 2. The predicted molar refractivity (Wildman–Crippen MR) is 69.9 cm³/mol. The monoisotopic (exact) mass is 250 g/mol. The van der Waals surface area contributed by atoms with Crippen LogP contribution in [0.5, 0.6) is 0 Å². The summed E-state index contributed by atoms with van der Waals surface area (Å²) in [5, 5.41) is 5.91. The van der Waals surface area contributed by atoms with E-state index in [9.17, 15) is 4.79 Å². The van der Waals surface area contributed by atoms with Crippen molar-refractivity contribution in [3.05, 3.63) is 24.3 Å². The molecule has 0 saturated carbocycles. The first kappa shape index (κ1) is 12.7. The van der Waals surface area contributed by atoms with Crippen LogP contribution in [0.2, 0.25) is 0 Å². The van der Waals surface area contributed by atoms with Crippen molar-refractivity contribution in [2.45, 2.75) is 18.9 Å². The zero-order chi connectivity index (χ0) is 12.8. The summed E-state index contributed by atoms with van der Waals surface area (Å²) in [4.78, 5) is 11.0. The van der Waals surface area contributed by atoms with Gasteiger partial charge in [-0.05, 0) is 37.1 Å². The van der Waals surface area contributed by atoms with Gasteiger partial charge in [0.15, 0.2) is 0 Å². The fraction of sp³-hybridized carbons (Fsp3) is 0.462. The smallest absolute Gasteiger partial charge is 0.411 e. The van der Waals surface area contributed by atoms with Crippen molar-refractivity contribution >= 4 is 17.5 Å². The van der Waals surface area contributed by atoms with E-state index >= 15 is 0 Å². The number of amides is 1. The second kappa shape index (κ2) is 6.26.